The van der Waals surface area contributed by atoms with Gasteiger partial charge in [-0.05, 0) is 59.5 Å². The van der Waals surface area contributed by atoms with Crippen LogP contribution in [0.15, 0.2) is 89.9 Å². The van der Waals surface area contributed by atoms with Crippen LogP contribution in [0.1, 0.15) is 33.1 Å². The Morgan fingerprint density at radius 1 is 1.07 bits per heavy atom. The summed E-state index contributed by atoms with van der Waals surface area (Å²) < 4.78 is 20.6. The number of aromatic nitrogens is 3. The van der Waals surface area contributed by atoms with E-state index >= 15 is 0 Å². The van der Waals surface area contributed by atoms with Crippen molar-refractivity contribution in [1.82, 2.24) is 19.9 Å². The molecule has 3 aromatic carbocycles. The fraction of sp³-hybridized carbons (Fsp3) is 0.229. The number of fused-ring (bicyclic) bond motifs is 1. The average Bonchev–Trinajstić information content (AvgIpc) is 3.05. The van der Waals surface area contributed by atoms with Gasteiger partial charge in [0.1, 0.15) is 11.5 Å². The number of nitrogens with one attached hydrogen (secondary N) is 2. The maximum atomic E-state index is 13.9. The SMILES string of the molecule is COCCc1cccc(Cn2c(=O)c(C#Cc3cccc(F)c3)cc3cnc(Nc4ccc(C5CNCCS5)cc4)nc32)c1. The quantitative estimate of drug-likeness (QED) is 0.220. The summed E-state index contributed by atoms with van der Waals surface area (Å²) in [7, 11) is 1.68. The van der Waals surface area contributed by atoms with E-state index in [9.17, 15) is 9.18 Å². The van der Waals surface area contributed by atoms with Crippen LogP contribution in [-0.2, 0) is 17.7 Å². The molecule has 3 heterocycles. The van der Waals surface area contributed by atoms with Gasteiger partial charge in [0, 0.05) is 54.0 Å². The molecule has 1 saturated heterocycles. The molecule has 2 N–H and O–H groups in total. The van der Waals surface area contributed by atoms with Gasteiger partial charge in [0.05, 0.1) is 18.7 Å². The largest absolute Gasteiger partial charge is 0.384 e. The number of hydrogen-bond acceptors (Lipinski definition) is 7. The molecule has 222 valence electrons. The van der Waals surface area contributed by atoms with Crippen molar-refractivity contribution >= 4 is 34.4 Å². The summed E-state index contributed by atoms with van der Waals surface area (Å²) >= 11 is 1.97. The van der Waals surface area contributed by atoms with E-state index in [2.05, 4.69) is 45.7 Å². The van der Waals surface area contributed by atoms with Crippen molar-refractivity contribution < 1.29 is 9.13 Å². The topological polar surface area (TPSA) is 81.1 Å². The van der Waals surface area contributed by atoms with Crippen molar-refractivity contribution in [1.29, 1.82) is 0 Å². The second kappa shape index (κ2) is 13.9. The number of hydrogen-bond donors (Lipinski definition) is 2. The van der Waals surface area contributed by atoms with Crippen molar-refractivity contribution in [3.63, 3.8) is 0 Å². The molecule has 1 fully saturated rings. The van der Waals surface area contributed by atoms with Crippen LogP contribution in [0.3, 0.4) is 0 Å². The zero-order valence-electron chi connectivity index (χ0n) is 24.3. The predicted molar refractivity (Wildman–Crippen MR) is 175 cm³/mol. The molecule has 5 aromatic rings. The summed E-state index contributed by atoms with van der Waals surface area (Å²) in [5.74, 6) is 7.00. The molecular formula is C35H32FN5O2S. The minimum atomic E-state index is -0.381. The van der Waals surface area contributed by atoms with E-state index in [0.29, 0.717) is 40.9 Å². The number of anilines is 2. The first-order valence-electron chi connectivity index (χ1n) is 14.5. The van der Waals surface area contributed by atoms with Crippen molar-refractivity contribution in [2.24, 2.45) is 0 Å². The van der Waals surface area contributed by atoms with Gasteiger partial charge in [-0.15, -0.1) is 0 Å². The summed E-state index contributed by atoms with van der Waals surface area (Å²) in [6, 6.07) is 24.1. The zero-order chi connectivity index (χ0) is 30.3. The van der Waals surface area contributed by atoms with Crippen LogP contribution in [0.2, 0.25) is 0 Å². The van der Waals surface area contributed by atoms with Gasteiger partial charge in [0.25, 0.3) is 5.56 Å². The molecule has 6 rings (SSSR count). The Balaban J connectivity index is 1.35. The van der Waals surface area contributed by atoms with Crippen molar-refractivity contribution in [2.75, 3.05) is 37.9 Å². The number of rotatable bonds is 8. The van der Waals surface area contributed by atoms with E-state index in [1.165, 1.54) is 17.7 Å². The fourth-order valence-corrected chi connectivity index (χ4v) is 6.27. The number of benzene rings is 3. The second-order valence-electron chi connectivity index (χ2n) is 10.6. The molecule has 1 aliphatic heterocycles. The standard InChI is InChI=1S/C35H32FN5O2S/c1-43-16-14-25-4-2-6-26(18-25)23-41-33-29(20-28(34(41)42)9-8-24-5-3-7-30(36)19-24)21-38-35(40-33)39-31-12-10-27(11-13-31)32-22-37-15-17-44-32/h2-7,10-13,18-21,32,37H,14-17,22-23H2,1H3,(H,38,39,40). The molecule has 0 bridgehead atoms. The zero-order valence-corrected chi connectivity index (χ0v) is 25.2. The predicted octanol–water partition coefficient (Wildman–Crippen LogP) is 5.69. The highest BCUT2D eigenvalue weighted by Crippen LogP contribution is 2.31. The Labute approximate surface area is 259 Å². The first-order chi connectivity index (χ1) is 21.6. The first kappa shape index (κ1) is 29.6. The van der Waals surface area contributed by atoms with Gasteiger partial charge < -0.3 is 15.4 Å². The molecule has 1 aliphatic rings. The Morgan fingerprint density at radius 2 is 1.91 bits per heavy atom. The summed E-state index contributed by atoms with van der Waals surface area (Å²) in [5.41, 5.74) is 5.19. The van der Waals surface area contributed by atoms with Crippen LogP contribution in [0.25, 0.3) is 11.0 Å². The summed E-state index contributed by atoms with van der Waals surface area (Å²) in [4.78, 5) is 23.2. The molecule has 0 radical (unpaired) electrons. The van der Waals surface area contributed by atoms with Crippen molar-refractivity contribution in [2.45, 2.75) is 18.2 Å². The number of thioether (sulfide) groups is 1. The van der Waals surface area contributed by atoms with E-state index in [-0.39, 0.29) is 16.9 Å². The van der Waals surface area contributed by atoms with Gasteiger partial charge in [0.2, 0.25) is 5.95 Å². The number of nitrogens with zero attached hydrogens (tertiary/aromatic N) is 3. The molecule has 0 amide bonds. The third kappa shape index (κ3) is 7.17. The van der Waals surface area contributed by atoms with Gasteiger partial charge in [-0.2, -0.15) is 16.7 Å². The molecule has 1 unspecified atom stereocenters. The van der Waals surface area contributed by atoms with Crippen LogP contribution in [0, 0.1) is 17.7 Å². The lowest BCUT2D eigenvalue weighted by molar-refractivity contribution is 0.202. The lowest BCUT2D eigenvalue weighted by atomic mass is 10.1. The van der Waals surface area contributed by atoms with Crippen molar-refractivity contribution in [3.8, 4) is 11.8 Å². The molecule has 0 spiro atoms. The normalized spacial score (nSPS) is 14.6. The van der Waals surface area contributed by atoms with Gasteiger partial charge in [-0.3, -0.25) is 9.36 Å². The molecule has 1 atom stereocenters. The molecule has 44 heavy (non-hydrogen) atoms. The third-order valence-corrected chi connectivity index (χ3v) is 8.67. The van der Waals surface area contributed by atoms with Crippen LogP contribution in [0.4, 0.5) is 16.0 Å². The Hall–Kier alpha value is -4.49. The molecule has 7 nitrogen and oxygen atoms in total. The number of halogens is 1. The molecule has 0 saturated carbocycles. The molecule has 9 heteroatoms. The monoisotopic (exact) mass is 605 g/mol. The Morgan fingerprint density at radius 3 is 2.70 bits per heavy atom. The van der Waals surface area contributed by atoms with E-state index in [0.717, 1.165) is 42.1 Å². The minimum absolute atomic E-state index is 0.281. The highest BCUT2D eigenvalue weighted by molar-refractivity contribution is 7.99. The van der Waals surface area contributed by atoms with Gasteiger partial charge in [0.15, 0.2) is 0 Å². The van der Waals surface area contributed by atoms with Crippen molar-refractivity contribution in [3.05, 3.63) is 129 Å². The van der Waals surface area contributed by atoms with Crippen LogP contribution in [-0.4, -0.2) is 47.1 Å². The maximum absolute atomic E-state index is 13.9. The van der Waals surface area contributed by atoms with Crippen LogP contribution >= 0.6 is 11.8 Å². The second-order valence-corrected chi connectivity index (χ2v) is 11.9. The van der Waals surface area contributed by atoms with E-state index in [4.69, 9.17) is 9.72 Å². The molecular weight excluding hydrogens is 573 g/mol. The van der Waals surface area contributed by atoms with Gasteiger partial charge in [-0.1, -0.05) is 54.3 Å². The third-order valence-electron chi connectivity index (χ3n) is 7.39. The maximum Gasteiger partial charge on any atom is 0.268 e. The van der Waals surface area contributed by atoms with Crippen LogP contribution < -0.4 is 16.2 Å². The minimum Gasteiger partial charge on any atom is -0.384 e. The highest BCUT2D eigenvalue weighted by atomic mass is 32.2. The Bertz CT molecular complexity index is 1890. The first-order valence-corrected chi connectivity index (χ1v) is 15.5. The van der Waals surface area contributed by atoms with E-state index in [1.807, 2.05) is 42.1 Å². The fourth-order valence-electron chi connectivity index (χ4n) is 5.14. The van der Waals surface area contributed by atoms with Crippen LogP contribution in [0.5, 0.6) is 0 Å². The highest BCUT2D eigenvalue weighted by Gasteiger charge is 2.16. The van der Waals surface area contributed by atoms with E-state index in [1.54, 1.807) is 36.1 Å². The molecule has 2 aromatic heterocycles. The number of pyridine rings is 1. The number of methoxy groups -OCH3 is 1. The van der Waals surface area contributed by atoms with E-state index < -0.39 is 0 Å². The van der Waals surface area contributed by atoms with Gasteiger partial charge >= 0.3 is 0 Å². The Kier molecular flexibility index (Phi) is 9.32. The summed E-state index contributed by atoms with van der Waals surface area (Å²) in [5, 5.41) is 7.86. The summed E-state index contributed by atoms with van der Waals surface area (Å²) in [6.07, 6.45) is 2.46. The summed E-state index contributed by atoms with van der Waals surface area (Å²) in [6.45, 7) is 2.92. The lowest BCUT2D eigenvalue weighted by Gasteiger charge is -2.22. The lowest BCUT2D eigenvalue weighted by Crippen LogP contribution is -2.28. The smallest absolute Gasteiger partial charge is 0.268 e. The molecule has 0 aliphatic carbocycles. The van der Waals surface area contributed by atoms with Gasteiger partial charge in [-0.25, -0.2) is 9.37 Å². The number of ether oxygens (including phenoxy) is 1. The average molecular weight is 606 g/mol.